The Bertz CT molecular complexity index is 258. The molecule has 1 aliphatic carbocycles. The number of hydrogen-bond donors (Lipinski definition) is 1. The first-order valence-corrected chi connectivity index (χ1v) is 7.61. The van der Waals surface area contributed by atoms with Crippen LogP contribution in [0.2, 0.25) is 0 Å². The van der Waals surface area contributed by atoms with Crippen molar-refractivity contribution in [3.63, 3.8) is 0 Å². The van der Waals surface area contributed by atoms with E-state index in [1.165, 1.54) is 6.42 Å². The van der Waals surface area contributed by atoms with Gasteiger partial charge in [0.2, 0.25) is 10.0 Å². The second-order valence-corrected chi connectivity index (χ2v) is 7.54. The molecular weight excluding hydrogens is 266 g/mol. The molecule has 1 N–H and O–H groups in total. The highest BCUT2D eigenvalue weighted by Crippen LogP contribution is 2.22. The maximum atomic E-state index is 11.8. The molecule has 5 heteroatoms. The van der Waals surface area contributed by atoms with E-state index < -0.39 is 10.0 Å². The predicted molar refractivity (Wildman–Crippen MR) is 62.2 cm³/mol. The van der Waals surface area contributed by atoms with Crippen LogP contribution in [0, 0.1) is 0 Å². The van der Waals surface area contributed by atoms with Crippen LogP contribution < -0.4 is 4.72 Å². The maximum absolute atomic E-state index is 11.8. The minimum absolute atomic E-state index is 0.150. The molecule has 0 saturated heterocycles. The number of alkyl halides is 1. The largest absolute Gasteiger partial charge is 0.214 e. The fourth-order valence-corrected chi connectivity index (χ4v) is 3.77. The molecule has 1 rings (SSSR count). The number of nitrogens with one attached hydrogen (secondary N) is 1. The molecule has 0 aromatic carbocycles. The highest BCUT2D eigenvalue weighted by molar-refractivity contribution is 9.09. The lowest BCUT2D eigenvalue weighted by molar-refractivity contribution is 0.478. The number of hydrogen-bond acceptors (Lipinski definition) is 2. The van der Waals surface area contributed by atoms with Gasteiger partial charge in [-0.05, 0) is 12.8 Å². The lowest BCUT2D eigenvalue weighted by Crippen LogP contribution is -2.37. The molecule has 0 aromatic rings. The fourth-order valence-electron chi connectivity index (χ4n) is 1.72. The van der Waals surface area contributed by atoms with Gasteiger partial charge in [-0.15, -0.1) is 0 Å². The lowest BCUT2D eigenvalue weighted by atomic mass is 10.0. The quantitative estimate of drug-likeness (QED) is 0.803. The van der Waals surface area contributed by atoms with E-state index in [1.807, 2.05) is 6.92 Å². The Morgan fingerprint density at radius 1 is 1.36 bits per heavy atom. The SMILES string of the molecule is CC(Br)CNS(=O)(=O)C1CCCCC1. The van der Waals surface area contributed by atoms with E-state index in [0.29, 0.717) is 6.54 Å². The Labute approximate surface area is 94.8 Å². The van der Waals surface area contributed by atoms with Crippen molar-refractivity contribution in [2.24, 2.45) is 0 Å². The molecule has 1 saturated carbocycles. The third kappa shape index (κ3) is 3.87. The van der Waals surface area contributed by atoms with E-state index in [2.05, 4.69) is 20.7 Å². The summed E-state index contributed by atoms with van der Waals surface area (Å²) in [5, 5.41) is -0.150. The van der Waals surface area contributed by atoms with Crippen molar-refractivity contribution in [2.45, 2.75) is 49.1 Å². The van der Waals surface area contributed by atoms with E-state index >= 15 is 0 Å². The van der Waals surface area contributed by atoms with Crippen molar-refractivity contribution in [3.05, 3.63) is 0 Å². The highest BCUT2D eigenvalue weighted by Gasteiger charge is 2.26. The summed E-state index contributed by atoms with van der Waals surface area (Å²) >= 11 is 3.32. The molecule has 0 heterocycles. The Morgan fingerprint density at radius 2 is 1.93 bits per heavy atom. The van der Waals surface area contributed by atoms with Crippen molar-refractivity contribution in [3.8, 4) is 0 Å². The summed E-state index contributed by atoms with van der Waals surface area (Å²) in [6.07, 6.45) is 4.93. The van der Waals surface area contributed by atoms with Crippen molar-refractivity contribution < 1.29 is 8.42 Å². The van der Waals surface area contributed by atoms with Crippen LogP contribution in [0.5, 0.6) is 0 Å². The molecule has 3 nitrogen and oxygen atoms in total. The number of rotatable bonds is 4. The van der Waals surface area contributed by atoms with Crippen LogP contribution in [0.4, 0.5) is 0 Å². The van der Waals surface area contributed by atoms with Crippen molar-refractivity contribution in [1.29, 1.82) is 0 Å². The minimum Gasteiger partial charge on any atom is -0.214 e. The monoisotopic (exact) mass is 283 g/mol. The van der Waals surface area contributed by atoms with Gasteiger partial charge in [-0.2, -0.15) is 0 Å². The second-order valence-electron chi connectivity index (χ2n) is 3.93. The fraction of sp³-hybridized carbons (Fsp3) is 1.00. The van der Waals surface area contributed by atoms with E-state index in [0.717, 1.165) is 25.7 Å². The first kappa shape index (κ1) is 12.5. The molecule has 0 radical (unpaired) electrons. The number of sulfonamides is 1. The lowest BCUT2D eigenvalue weighted by Gasteiger charge is -2.22. The first-order valence-electron chi connectivity index (χ1n) is 5.15. The third-order valence-electron chi connectivity index (χ3n) is 2.56. The van der Waals surface area contributed by atoms with Gasteiger partial charge in [-0.3, -0.25) is 0 Å². The molecule has 1 fully saturated rings. The van der Waals surface area contributed by atoms with Gasteiger partial charge in [-0.25, -0.2) is 13.1 Å². The molecule has 0 aliphatic heterocycles. The molecule has 0 amide bonds. The Hall–Kier alpha value is 0.390. The van der Waals surface area contributed by atoms with Crippen molar-refractivity contribution >= 4 is 26.0 Å². The zero-order valence-electron chi connectivity index (χ0n) is 8.50. The summed E-state index contributed by atoms with van der Waals surface area (Å²) in [4.78, 5) is 0.195. The first-order chi connectivity index (χ1) is 6.52. The third-order valence-corrected chi connectivity index (χ3v) is 4.80. The van der Waals surface area contributed by atoms with Gasteiger partial charge in [-0.1, -0.05) is 42.1 Å². The van der Waals surface area contributed by atoms with Gasteiger partial charge in [0.25, 0.3) is 0 Å². The molecule has 1 atom stereocenters. The number of halogens is 1. The molecule has 0 aromatic heterocycles. The topological polar surface area (TPSA) is 46.2 Å². The van der Waals surface area contributed by atoms with Crippen LogP contribution in [0.1, 0.15) is 39.0 Å². The molecular formula is C9H18BrNO2S. The van der Waals surface area contributed by atoms with Crippen LogP contribution >= 0.6 is 15.9 Å². The maximum Gasteiger partial charge on any atom is 0.214 e. The van der Waals surface area contributed by atoms with E-state index in [-0.39, 0.29) is 10.1 Å². The zero-order valence-corrected chi connectivity index (χ0v) is 10.9. The molecule has 1 unspecified atom stereocenters. The van der Waals surface area contributed by atoms with Crippen LogP contribution in [0.15, 0.2) is 0 Å². The van der Waals surface area contributed by atoms with Crippen LogP contribution in [0.3, 0.4) is 0 Å². The summed E-state index contributed by atoms with van der Waals surface area (Å²) in [6.45, 7) is 2.42. The Morgan fingerprint density at radius 3 is 2.43 bits per heavy atom. The normalized spacial score (nSPS) is 22.1. The van der Waals surface area contributed by atoms with E-state index in [9.17, 15) is 8.42 Å². The van der Waals surface area contributed by atoms with Gasteiger partial charge >= 0.3 is 0 Å². The predicted octanol–water partition coefficient (Wildman–Crippen LogP) is 2.02. The zero-order chi connectivity index (χ0) is 10.6. The Kier molecular flexibility index (Phi) is 4.87. The summed E-state index contributed by atoms with van der Waals surface area (Å²) in [5.74, 6) is 0. The van der Waals surface area contributed by atoms with Crippen LogP contribution in [0.25, 0.3) is 0 Å². The van der Waals surface area contributed by atoms with E-state index in [4.69, 9.17) is 0 Å². The van der Waals surface area contributed by atoms with Gasteiger partial charge in [0.05, 0.1) is 5.25 Å². The molecule has 14 heavy (non-hydrogen) atoms. The Balaban J connectivity index is 2.46. The highest BCUT2D eigenvalue weighted by atomic mass is 79.9. The summed E-state index contributed by atoms with van der Waals surface area (Å²) in [5.41, 5.74) is 0. The molecule has 0 bridgehead atoms. The molecule has 84 valence electrons. The standard InChI is InChI=1S/C9H18BrNO2S/c1-8(10)7-11-14(12,13)9-5-3-2-4-6-9/h8-9,11H,2-7H2,1H3. The molecule has 1 aliphatic rings. The average molecular weight is 284 g/mol. The van der Waals surface area contributed by atoms with Crippen LogP contribution in [-0.4, -0.2) is 25.0 Å². The summed E-state index contributed by atoms with van der Waals surface area (Å²) in [7, 11) is -3.06. The smallest absolute Gasteiger partial charge is 0.214 e. The van der Waals surface area contributed by atoms with Crippen LogP contribution in [-0.2, 0) is 10.0 Å². The van der Waals surface area contributed by atoms with Gasteiger partial charge in [0.1, 0.15) is 0 Å². The van der Waals surface area contributed by atoms with E-state index in [1.54, 1.807) is 0 Å². The summed E-state index contributed by atoms with van der Waals surface area (Å²) in [6, 6.07) is 0. The van der Waals surface area contributed by atoms with Crippen molar-refractivity contribution in [1.82, 2.24) is 4.72 Å². The summed E-state index contributed by atoms with van der Waals surface area (Å²) < 4.78 is 26.2. The van der Waals surface area contributed by atoms with Gasteiger partial charge in [0.15, 0.2) is 0 Å². The molecule has 0 spiro atoms. The van der Waals surface area contributed by atoms with Gasteiger partial charge < -0.3 is 0 Å². The average Bonchev–Trinajstić information content (AvgIpc) is 2.16. The minimum atomic E-state index is -3.06. The van der Waals surface area contributed by atoms with Crippen molar-refractivity contribution in [2.75, 3.05) is 6.54 Å². The van der Waals surface area contributed by atoms with Gasteiger partial charge in [0, 0.05) is 11.4 Å². The second kappa shape index (κ2) is 5.47.